The van der Waals surface area contributed by atoms with Gasteiger partial charge in [0.15, 0.2) is 5.79 Å². The molecule has 3 rings (SSSR count). The van der Waals surface area contributed by atoms with Crippen LogP contribution in [-0.4, -0.2) is 118 Å². The summed E-state index contributed by atoms with van der Waals surface area (Å²) in [6.07, 6.45) is 2.96. The number of cyclic esters (lactones) is 1. The zero-order valence-electron chi connectivity index (χ0n) is 34.1. The van der Waals surface area contributed by atoms with Gasteiger partial charge in [-0.15, -0.1) is 6.58 Å². The molecule has 2 fully saturated rings. The van der Waals surface area contributed by atoms with Crippen molar-refractivity contribution in [2.45, 2.75) is 161 Å². The number of carbonyl (C=O) groups excluding carboxylic acids is 3. The van der Waals surface area contributed by atoms with Gasteiger partial charge in [-0.1, -0.05) is 44.6 Å². The maximum absolute atomic E-state index is 14.0. The minimum absolute atomic E-state index is 0.0873. The summed E-state index contributed by atoms with van der Waals surface area (Å²) in [7, 11) is 3.18. The zero-order chi connectivity index (χ0) is 40.5. The number of allylic oxidation sites excluding steroid dienone is 4. The Morgan fingerprint density at radius 3 is 2.22 bits per heavy atom. The molecule has 0 aromatic heterocycles. The Kier molecular flexibility index (Phi) is 17.6. The molecule has 308 valence electrons. The van der Waals surface area contributed by atoms with Gasteiger partial charge in [0.25, 0.3) is 0 Å². The highest BCUT2D eigenvalue weighted by atomic mass is 16.7. The summed E-state index contributed by atoms with van der Waals surface area (Å²) in [5.41, 5.74) is 1.63. The number of methoxy groups -OCH3 is 2. The summed E-state index contributed by atoms with van der Waals surface area (Å²) in [4.78, 5) is 43.1. The third-order valence-electron chi connectivity index (χ3n) is 12.0. The summed E-state index contributed by atoms with van der Waals surface area (Å²) in [6, 6.07) is -1.06. The Hall–Kier alpha value is -2.45. The predicted octanol–water partition coefficient (Wildman–Crippen LogP) is 4.66. The molecule has 14 atom stereocenters. The average Bonchev–Trinajstić information content (AvgIpc) is 3.11. The van der Waals surface area contributed by atoms with Gasteiger partial charge in [0, 0.05) is 44.9 Å². The molecule has 0 radical (unpaired) electrons. The first-order valence-corrected chi connectivity index (χ1v) is 19.9. The number of ketones is 1. The van der Waals surface area contributed by atoms with Crippen LogP contribution in [0.25, 0.3) is 0 Å². The Balaban J connectivity index is 2.07. The molecular weight excluding hydrogens is 694 g/mol. The number of fused-ring (bicyclic) bond motifs is 2. The maximum atomic E-state index is 14.0. The van der Waals surface area contributed by atoms with E-state index in [1.807, 2.05) is 26.0 Å². The number of rotatable bonds is 7. The summed E-state index contributed by atoms with van der Waals surface area (Å²) in [5.74, 6) is -4.97. The van der Waals surface area contributed by atoms with Gasteiger partial charge in [0.1, 0.15) is 24.0 Å². The first-order valence-electron chi connectivity index (χ1n) is 19.9. The predicted molar refractivity (Wildman–Crippen MR) is 205 cm³/mol. The van der Waals surface area contributed by atoms with E-state index in [1.54, 1.807) is 48.0 Å². The Morgan fingerprint density at radius 1 is 0.981 bits per heavy atom. The van der Waals surface area contributed by atoms with E-state index >= 15 is 0 Å². The lowest BCUT2D eigenvalue weighted by Gasteiger charge is -2.48. The van der Waals surface area contributed by atoms with Crippen molar-refractivity contribution in [3.05, 3.63) is 36.0 Å². The molecule has 2 heterocycles. The van der Waals surface area contributed by atoms with E-state index in [4.69, 9.17) is 18.9 Å². The van der Waals surface area contributed by atoms with Crippen molar-refractivity contribution in [2.24, 2.45) is 29.6 Å². The standard InChI is InChI=1S/C42H69NO11/c1-11-13-31-17-24(3)16-25(4)18-36(51-9)40-37(52-10)20-27(6)42(50,54-40)23-38(48)43(12-2)29(8)41(49)53-39(28(7)33(45)22-34(31)46)26(5)19-30-14-15-32(44)35(47)21-30/h11,17,19,25,27-33,35-37,39-40,44-45,47,50H,1,12-16,18,20-23H2,2-10H3/b24-17+,26-19+/t25-,27+,28+,29-,30-,31+,32+,33-,35+,36-,37-,39+,40+,42-/m0/s1. The van der Waals surface area contributed by atoms with E-state index in [-0.39, 0.29) is 30.6 Å². The van der Waals surface area contributed by atoms with Crippen LogP contribution < -0.4 is 0 Å². The molecule has 12 nitrogen and oxygen atoms in total. The zero-order valence-corrected chi connectivity index (χ0v) is 34.1. The van der Waals surface area contributed by atoms with Crippen LogP contribution in [0.4, 0.5) is 0 Å². The lowest BCUT2D eigenvalue weighted by molar-refractivity contribution is -0.321. The smallest absolute Gasteiger partial charge is 0.329 e. The lowest BCUT2D eigenvalue weighted by Crippen LogP contribution is -2.59. The quantitative estimate of drug-likeness (QED) is 0.210. The van der Waals surface area contributed by atoms with E-state index < -0.39 is 90.6 Å². The van der Waals surface area contributed by atoms with Crippen molar-refractivity contribution in [3.8, 4) is 0 Å². The average molecular weight is 764 g/mol. The molecular formula is C42H69NO11. The lowest BCUT2D eigenvalue weighted by atomic mass is 9.81. The first-order chi connectivity index (χ1) is 25.4. The number of nitrogens with zero attached hydrogens (tertiary/aromatic N) is 1. The highest BCUT2D eigenvalue weighted by Gasteiger charge is 2.50. The number of aliphatic hydroxyl groups excluding tert-OH is 3. The Morgan fingerprint density at radius 2 is 1.63 bits per heavy atom. The number of carbonyl (C=O) groups is 3. The van der Waals surface area contributed by atoms with Gasteiger partial charge in [-0.3, -0.25) is 9.59 Å². The van der Waals surface area contributed by atoms with E-state index in [1.165, 1.54) is 4.90 Å². The molecule has 3 aliphatic rings. The van der Waals surface area contributed by atoms with E-state index in [2.05, 4.69) is 13.5 Å². The van der Waals surface area contributed by atoms with Crippen LogP contribution in [0, 0.1) is 29.6 Å². The topological polar surface area (TPSA) is 172 Å². The fourth-order valence-corrected chi connectivity index (χ4v) is 8.61. The molecule has 1 saturated carbocycles. The van der Waals surface area contributed by atoms with Crippen LogP contribution in [0.2, 0.25) is 0 Å². The Labute approximate surface area is 322 Å². The molecule has 0 aromatic carbocycles. The largest absolute Gasteiger partial charge is 0.456 e. The van der Waals surface area contributed by atoms with Crippen molar-refractivity contribution < 1.29 is 53.8 Å². The molecule has 1 aliphatic carbocycles. The van der Waals surface area contributed by atoms with E-state index in [0.29, 0.717) is 50.5 Å². The number of hydrogen-bond donors (Lipinski definition) is 4. The number of esters is 1. The summed E-state index contributed by atoms with van der Waals surface area (Å²) < 4.78 is 24.4. The normalized spacial score (nSPS) is 41.3. The van der Waals surface area contributed by atoms with Gasteiger partial charge in [-0.2, -0.15) is 0 Å². The van der Waals surface area contributed by atoms with Crippen molar-refractivity contribution >= 4 is 17.7 Å². The highest BCUT2D eigenvalue weighted by Crippen LogP contribution is 2.40. The second kappa shape index (κ2) is 20.6. The van der Waals surface area contributed by atoms with Crippen molar-refractivity contribution in [1.82, 2.24) is 4.90 Å². The second-order valence-electron chi connectivity index (χ2n) is 16.4. The maximum Gasteiger partial charge on any atom is 0.329 e. The van der Waals surface area contributed by atoms with Gasteiger partial charge in [0.2, 0.25) is 5.91 Å². The molecule has 4 N–H and O–H groups in total. The molecule has 2 bridgehead atoms. The van der Waals surface area contributed by atoms with Gasteiger partial charge >= 0.3 is 5.97 Å². The fourth-order valence-electron chi connectivity index (χ4n) is 8.61. The number of likely N-dealkylation sites (N-methyl/N-ethyl adjacent to an activating group) is 1. The van der Waals surface area contributed by atoms with Gasteiger partial charge in [-0.05, 0) is 90.0 Å². The molecule has 0 spiro atoms. The van der Waals surface area contributed by atoms with Gasteiger partial charge < -0.3 is 44.3 Å². The van der Waals surface area contributed by atoms with Gasteiger partial charge in [-0.25, -0.2) is 4.79 Å². The van der Waals surface area contributed by atoms with Gasteiger partial charge in [0.05, 0.1) is 36.9 Å². The summed E-state index contributed by atoms with van der Waals surface area (Å²) >= 11 is 0. The fraction of sp³-hybridized carbons (Fsp3) is 0.786. The van der Waals surface area contributed by atoms with Crippen LogP contribution in [0.5, 0.6) is 0 Å². The van der Waals surface area contributed by atoms with Crippen molar-refractivity contribution in [2.75, 3.05) is 20.8 Å². The second-order valence-corrected chi connectivity index (χ2v) is 16.4. The number of ether oxygens (including phenoxy) is 4. The molecule has 1 amide bonds. The number of hydrogen-bond acceptors (Lipinski definition) is 11. The Bertz CT molecular complexity index is 1330. The molecule has 1 saturated heterocycles. The highest BCUT2D eigenvalue weighted by molar-refractivity contribution is 5.85. The third kappa shape index (κ3) is 11.8. The SMILES string of the molecule is C=CC[C@@H]1/C=C(\C)C[C@H](C)C[C@H](OC)[C@H]2O[C@@](O)(CC(=O)N(CC)[C@@H](C)C(=O)O[C@H](/C(C)=C/[C@@H]3CC[C@@H](O)[C@H](O)C3)[C@H](C)[C@@H](O)CC1=O)[C@H](C)C[C@@H]2OC. The molecule has 12 heteroatoms. The minimum atomic E-state index is -1.86. The summed E-state index contributed by atoms with van der Waals surface area (Å²) in [6.45, 7) is 16.7. The van der Waals surface area contributed by atoms with Crippen LogP contribution in [-0.2, 0) is 33.3 Å². The minimum Gasteiger partial charge on any atom is -0.456 e. The van der Waals surface area contributed by atoms with Crippen LogP contribution in [0.3, 0.4) is 0 Å². The van der Waals surface area contributed by atoms with Crippen LogP contribution >= 0.6 is 0 Å². The number of aliphatic hydroxyl groups is 4. The van der Waals surface area contributed by atoms with Crippen LogP contribution in [0.15, 0.2) is 36.0 Å². The van der Waals surface area contributed by atoms with Crippen molar-refractivity contribution in [3.63, 3.8) is 0 Å². The third-order valence-corrected chi connectivity index (χ3v) is 12.0. The molecule has 2 aliphatic heterocycles. The number of amides is 1. The number of Topliss-reactive ketones (excluding diaryl/α,β-unsaturated/α-hetero) is 1. The molecule has 0 unspecified atom stereocenters. The molecule has 0 aromatic rings. The monoisotopic (exact) mass is 763 g/mol. The van der Waals surface area contributed by atoms with Crippen molar-refractivity contribution in [1.29, 1.82) is 0 Å². The van der Waals surface area contributed by atoms with E-state index in [9.17, 15) is 34.8 Å². The molecule has 54 heavy (non-hydrogen) atoms. The van der Waals surface area contributed by atoms with Crippen LogP contribution in [0.1, 0.15) is 106 Å². The summed E-state index contributed by atoms with van der Waals surface area (Å²) in [5, 5.41) is 44.0. The first kappa shape index (κ1) is 45.9. The van der Waals surface area contributed by atoms with E-state index in [0.717, 1.165) is 5.57 Å².